The summed E-state index contributed by atoms with van der Waals surface area (Å²) in [5.41, 5.74) is 6.00. The maximum absolute atomic E-state index is 11.8. The molecule has 198 valence electrons. The third-order valence-corrected chi connectivity index (χ3v) is 7.62. The molecule has 1 saturated heterocycles. The number of nitrogen functional groups attached to an aromatic ring is 1. The van der Waals surface area contributed by atoms with Crippen molar-refractivity contribution in [3.63, 3.8) is 0 Å². The Labute approximate surface area is 244 Å². The summed E-state index contributed by atoms with van der Waals surface area (Å²) in [6, 6.07) is 0. The molecule has 2 aromatic rings. The van der Waals surface area contributed by atoms with Gasteiger partial charge in [-0.15, -0.1) is 0 Å². The van der Waals surface area contributed by atoms with Gasteiger partial charge in [0.1, 0.15) is 30.2 Å². The number of nitrogens with zero attached hydrogens (tertiary/aromatic N) is 4. The van der Waals surface area contributed by atoms with Crippen molar-refractivity contribution in [1.29, 1.82) is 0 Å². The SMILES string of the molecule is Nc1ncnc2c1ncn2[C@@H]1O[C@H](COP(=O)(O)OP(=O)(O)OP(=O)(O)O)[C@@H](O)[C@H]1O.O.O.O.[Na+].[Na+]. The zero-order valence-corrected chi connectivity index (χ0v) is 25.1. The van der Waals surface area contributed by atoms with Crippen molar-refractivity contribution in [3.05, 3.63) is 12.7 Å². The number of ether oxygens (including phenoxy) is 1. The minimum Gasteiger partial charge on any atom is -0.412 e. The molecule has 0 amide bonds. The molecule has 0 radical (unpaired) electrons. The molecule has 0 saturated carbocycles. The fourth-order valence-electron chi connectivity index (χ4n) is 2.62. The third kappa shape index (κ3) is 10.2. The predicted octanol–water partition coefficient (Wildman–Crippen LogP) is -10.1. The van der Waals surface area contributed by atoms with E-state index in [0.717, 1.165) is 6.33 Å². The van der Waals surface area contributed by atoms with E-state index in [4.69, 9.17) is 25.2 Å². The summed E-state index contributed by atoms with van der Waals surface area (Å²) in [5, 5.41) is 20.4. The Morgan fingerprint density at radius 2 is 1.53 bits per heavy atom. The summed E-state index contributed by atoms with van der Waals surface area (Å²) in [5.74, 6) is 0.0426. The van der Waals surface area contributed by atoms with Crippen LogP contribution in [0.2, 0.25) is 0 Å². The van der Waals surface area contributed by atoms with Crippen LogP contribution >= 0.6 is 23.5 Å². The summed E-state index contributed by atoms with van der Waals surface area (Å²) < 4.78 is 51.9. The van der Waals surface area contributed by atoms with E-state index < -0.39 is 54.6 Å². The Bertz CT molecular complexity index is 1120. The first-order valence-corrected chi connectivity index (χ1v) is 12.4. The monoisotopic (exact) mass is 607 g/mol. The van der Waals surface area contributed by atoms with Crippen LogP contribution in [-0.2, 0) is 31.6 Å². The summed E-state index contributed by atoms with van der Waals surface area (Å²) in [6.45, 7) is -0.956. The molecule has 26 heteroatoms. The van der Waals surface area contributed by atoms with Crippen molar-refractivity contribution in [3.8, 4) is 0 Å². The molecule has 1 fully saturated rings. The molecule has 3 heterocycles. The molecule has 3 rings (SSSR count). The van der Waals surface area contributed by atoms with Gasteiger partial charge in [-0.3, -0.25) is 9.09 Å². The zero-order chi connectivity index (χ0) is 23.2. The summed E-state index contributed by atoms with van der Waals surface area (Å²) in [6.07, 6.45) is -3.69. The van der Waals surface area contributed by atoms with Crippen molar-refractivity contribution in [2.45, 2.75) is 24.5 Å². The number of rotatable bonds is 8. The van der Waals surface area contributed by atoms with Gasteiger partial charge < -0.3 is 56.7 Å². The number of hydrogen-bond acceptors (Lipinski definition) is 13. The average Bonchev–Trinajstić information content (AvgIpc) is 3.13. The van der Waals surface area contributed by atoms with Gasteiger partial charge in [0.05, 0.1) is 12.9 Å². The van der Waals surface area contributed by atoms with Crippen LogP contribution in [0.5, 0.6) is 0 Å². The van der Waals surface area contributed by atoms with E-state index in [1.165, 1.54) is 10.9 Å². The summed E-state index contributed by atoms with van der Waals surface area (Å²) >= 11 is 0. The van der Waals surface area contributed by atoms with Gasteiger partial charge in [0.15, 0.2) is 17.7 Å². The molecule has 36 heavy (non-hydrogen) atoms. The summed E-state index contributed by atoms with van der Waals surface area (Å²) in [4.78, 5) is 47.2. The molecule has 0 bridgehead atoms. The van der Waals surface area contributed by atoms with Gasteiger partial charge in [-0.2, -0.15) is 8.62 Å². The van der Waals surface area contributed by atoms with E-state index in [9.17, 15) is 28.8 Å². The van der Waals surface area contributed by atoms with Crippen LogP contribution in [0.25, 0.3) is 11.2 Å². The van der Waals surface area contributed by atoms with Crippen LogP contribution in [0, 0.1) is 0 Å². The average molecular weight is 607 g/mol. The fourth-order valence-corrected chi connectivity index (χ4v) is 5.65. The molecule has 14 N–H and O–H groups in total. The van der Waals surface area contributed by atoms with Gasteiger partial charge in [0, 0.05) is 0 Å². The maximum atomic E-state index is 11.8. The fraction of sp³-hybridized carbons (Fsp3) is 0.500. The van der Waals surface area contributed by atoms with Gasteiger partial charge in [0.25, 0.3) is 0 Å². The third-order valence-electron chi connectivity index (χ3n) is 3.82. The van der Waals surface area contributed by atoms with E-state index in [2.05, 4.69) is 28.1 Å². The zero-order valence-electron chi connectivity index (χ0n) is 18.4. The van der Waals surface area contributed by atoms with Crippen molar-refractivity contribution in [1.82, 2.24) is 19.5 Å². The van der Waals surface area contributed by atoms with Gasteiger partial charge in [-0.05, 0) is 0 Å². The van der Waals surface area contributed by atoms with Crippen LogP contribution in [0.1, 0.15) is 6.23 Å². The first kappa shape index (κ1) is 41.0. The number of phosphoric ester groups is 1. The number of phosphoric acid groups is 3. The number of nitrogens with two attached hydrogens (primary N) is 1. The summed E-state index contributed by atoms with van der Waals surface area (Å²) in [7, 11) is -16.7. The second kappa shape index (κ2) is 15.3. The van der Waals surface area contributed by atoms with Crippen LogP contribution in [0.3, 0.4) is 0 Å². The Morgan fingerprint density at radius 3 is 2.08 bits per heavy atom. The largest absolute Gasteiger partial charge is 1.00 e. The molecule has 0 spiro atoms. The second-order valence-corrected chi connectivity index (χ2v) is 10.4. The predicted molar refractivity (Wildman–Crippen MR) is 106 cm³/mol. The molecule has 2 aromatic heterocycles. The first-order chi connectivity index (χ1) is 14.2. The molecule has 2 unspecified atom stereocenters. The van der Waals surface area contributed by atoms with Gasteiger partial charge in [0.2, 0.25) is 0 Å². The van der Waals surface area contributed by atoms with Crippen LogP contribution < -0.4 is 64.8 Å². The molecular weight excluding hydrogens is 585 g/mol. The topological polar surface area (TPSA) is 374 Å². The van der Waals surface area contributed by atoms with Crippen molar-refractivity contribution >= 4 is 40.4 Å². The van der Waals surface area contributed by atoms with E-state index in [1.807, 2.05) is 0 Å². The minimum atomic E-state index is -5.70. The first-order valence-electron chi connectivity index (χ1n) is 7.92. The number of aromatic nitrogens is 4. The Kier molecular flexibility index (Phi) is 17.5. The van der Waals surface area contributed by atoms with Crippen molar-refractivity contribution < 1.29 is 137 Å². The van der Waals surface area contributed by atoms with Crippen molar-refractivity contribution in [2.75, 3.05) is 12.3 Å². The van der Waals surface area contributed by atoms with Gasteiger partial charge >= 0.3 is 82.6 Å². The normalized spacial score (nSPS) is 24.5. The number of anilines is 1. The van der Waals surface area contributed by atoms with E-state index >= 15 is 0 Å². The van der Waals surface area contributed by atoms with Crippen LogP contribution in [0.15, 0.2) is 12.7 Å². The van der Waals surface area contributed by atoms with Gasteiger partial charge in [-0.1, -0.05) is 0 Å². The molecular formula is C10H22N5Na2O16P3+2. The molecule has 1 aliphatic heterocycles. The van der Waals surface area contributed by atoms with Crippen LogP contribution in [0.4, 0.5) is 5.82 Å². The standard InChI is InChI=1S/C10H16N5O13P3.2Na.3H2O/c11-8-5-9(13-2-12-8)15(3-14-5)10-7(17)6(16)4(26-10)1-25-30(21,22)28-31(23,24)27-29(18,19)20;;;;;/h2-4,6-7,10,16-17H,1H2,(H,21,22)(H,23,24)(H2,11,12,13)(H2,18,19,20);;;3*1H2/q;2*+1;;;/t4-,6-,7-,10-;;;;;/m1...../s1. The Hall–Kier alpha value is 0.520. The van der Waals surface area contributed by atoms with Crippen molar-refractivity contribution in [2.24, 2.45) is 0 Å². The molecule has 1 aliphatic rings. The van der Waals surface area contributed by atoms with E-state index in [1.54, 1.807) is 0 Å². The Morgan fingerprint density at radius 1 is 0.944 bits per heavy atom. The molecule has 6 atom stereocenters. The molecule has 0 aliphatic carbocycles. The number of imidazole rings is 1. The number of hydrogen-bond donors (Lipinski definition) is 7. The van der Waals surface area contributed by atoms with Gasteiger partial charge in [-0.25, -0.2) is 28.6 Å². The molecule has 21 nitrogen and oxygen atoms in total. The number of aliphatic hydroxyl groups excluding tert-OH is 2. The molecule has 0 aromatic carbocycles. The van der Waals surface area contributed by atoms with E-state index in [0.29, 0.717) is 0 Å². The quantitative estimate of drug-likeness (QED) is 0.108. The number of aliphatic hydroxyl groups is 2. The smallest absolute Gasteiger partial charge is 0.412 e. The van der Waals surface area contributed by atoms with E-state index in [-0.39, 0.29) is 92.5 Å². The Balaban J connectivity index is -0.00000218. The minimum absolute atomic E-state index is 0. The number of fused-ring (bicyclic) bond motifs is 1. The second-order valence-electron chi connectivity index (χ2n) is 6.02. The maximum Gasteiger partial charge on any atom is 1.00 e. The van der Waals surface area contributed by atoms with Crippen LogP contribution in [-0.4, -0.2) is 90.7 Å².